The fourth-order valence-corrected chi connectivity index (χ4v) is 5.51. The van der Waals surface area contributed by atoms with Crippen molar-refractivity contribution in [2.24, 2.45) is 0 Å². The second kappa shape index (κ2) is 9.16. The number of hydrogen-bond donors (Lipinski definition) is 0. The van der Waals surface area contributed by atoms with Crippen LogP contribution in [0, 0.1) is 26.6 Å². The van der Waals surface area contributed by atoms with Crippen LogP contribution in [0.1, 0.15) is 52.6 Å². The van der Waals surface area contributed by atoms with Gasteiger partial charge in [0.25, 0.3) is 5.91 Å². The lowest BCUT2D eigenvalue weighted by molar-refractivity contribution is 0.0593. The van der Waals surface area contributed by atoms with Gasteiger partial charge in [0.2, 0.25) is 0 Å². The number of imidazole rings is 1. The van der Waals surface area contributed by atoms with Gasteiger partial charge in [-0.1, -0.05) is 42.5 Å². The number of carbonyl (C=O) groups is 1. The van der Waals surface area contributed by atoms with Gasteiger partial charge in [-0.15, -0.1) is 0 Å². The average Bonchev–Trinajstić information content (AvgIpc) is 3.43. The van der Waals surface area contributed by atoms with Gasteiger partial charge in [0.15, 0.2) is 0 Å². The van der Waals surface area contributed by atoms with E-state index in [1.165, 1.54) is 0 Å². The molecule has 0 N–H and O–H groups in total. The molecule has 1 saturated heterocycles. The zero-order valence-electron chi connectivity index (χ0n) is 21.2. The summed E-state index contributed by atoms with van der Waals surface area (Å²) in [6, 6.07) is 17.0. The first-order chi connectivity index (χ1) is 17.3. The molecule has 0 radical (unpaired) electrons. The van der Waals surface area contributed by atoms with Crippen LogP contribution in [0.25, 0.3) is 22.2 Å². The van der Waals surface area contributed by atoms with E-state index in [0.29, 0.717) is 29.9 Å². The van der Waals surface area contributed by atoms with Crippen molar-refractivity contribution in [3.8, 4) is 11.1 Å². The Morgan fingerprint density at radius 3 is 2.47 bits per heavy atom. The van der Waals surface area contributed by atoms with E-state index in [4.69, 9.17) is 4.98 Å². The van der Waals surface area contributed by atoms with E-state index in [9.17, 15) is 9.18 Å². The minimum Gasteiger partial charge on any atom is -0.326 e. The molecule has 0 aliphatic carbocycles. The highest BCUT2D eigenvalue weighted by molar-refractivity contribution is 6.02. The highest BCUT2D eigenvalue weighted by Gasteiger charge is 2.46. The van der Waals surface area contributed by atoms with Crippen molar-refractivity contribution in [2.75, 3.05) is 13.2 Å². The molecule has 1 fully saturated rings. The number of aryl methyl sites for hydroxylation is 4. The van der Waals surface area contributed by atoms with Crippen molar-refractivity contribution < 1.29 is 13.6 Å². The zero-order valence-corrected chi connectivity index (χ0v) is 21.2. The largest absolute Gasteiger partial charge is 0.326 e. The molecule has 5 rings (SSSR count). The molecule has 4 aromatic rings. The number of amides is 1. The van der Waals surface area contributed by atoms with E-state index >= 15 is 4.39 Å². The van der Waals surface area contributed by atoms with Crippen molar-refractivity contribution >= 4 is 16.9 Å². The van der Waals surface area contributed by atoms with Crippen LogP contribution in [-0.2, 0) is 12.1 Å². The quantitative estimate of drug-likeness (QED) is 0.307. The van der Waals surface area contributed by atoms with E-state index in [2.05, 4.69) is 0 Å². The summed E-state index contributed by atoms with van der Waals surface area (Å²) in [5.74, 6) is -0.208. The summed E-state index contributed by atoms with van der Waals surface area (Å²) >= 11 is 0. The van der Waals surface area contributed by atoms with Crippen molar-refractivity contribution in [1.82, 2.24) is 14.5 Å². The zero-order chi connectivity index (χ0) is 25.6. The second-order valence-electron chi connectivity index (χ2n) is 10.0. The molecule has 1 aliphatic heterocycles. The fourth-order valence-electron chi connectivity index (χ4n) is 5.51. The third kappa shape index (κ3) is 3.80. The van der Waals surface area contributed by atoms with E-state index < -0.39 is 18.0 Å². The van der Waals surface area contributed by atoms with Gasteiger partial charge in [0.1, 0.15) is 18.3 Å². The number of likely N-dealkylation sites (tertiary alicyclic amines) is 1. The molecule has 6 heteroatoms. The standard InChI is InChI=1S/C30H31F2N3O/c1-19-11-12-23(22-9-6-5-7-10-22)26(27(19)32)28(36)35-15-8-13-30(35,4)29-33-24-17-20(2)21(3)18-25(24)34(29)16-14-31/h5-7,9-12,17-18H,8,13-16H2,1-4H3. The number of rotatable bonds is 5. The molecule has 36 heavy (non-hydrogen) atoms. The van der Waals surface area contributed by atoms with Gasteiger partial charge in [-0.05, 0) is 80.5 Å². The molecule has 0 saturated carbocycles. The number of benzene rings is 3. The molecule has 0 bridgehead atoms. The molecule has 1 amide bonds. The lowest BCUT2D eigenvalue weighted by atomic mass is 9.93. The number of aromatic nitrogens is 2. The summed E-state index contributed by atoms with van der Waals surface area (Å²) in [5.41, 5.74) is 4.93. The van der Waals surface area contributed by atoms with Crippen LogP contribution in [0.15, 0.2) is 54.6 Å². The lowest BCUT2D eigenvalue weighted by Gasteiger charge is -2.35. The molecule has 1 aliphatic rings. The number of carbonyl (C=O) groups excluding carboxylic acids is 1. The maximum Gasteiger partial charge on any atom is 0.258 e. The first kappa shape index (κ1) is 24.2. The topological polar surface area (TPSA) is 38.1 Å². The molecule has 186 valence electrons. The van der Waals surface area contributed by atoms with Gasteiger partial charge >= 0.3 is 0 Å². The van der Waals surface area contributed by atoms with Gasteiger partial charge in [-0.3, -0.25) is 4.79 Å². The summed E-state index contributed by atoms with van der Waals surface area (Å²) in [5, 5.41) is 0. The average molecular weight is 488 g/mol. The Balaban J connectivity index is 1.67. The van der Waals surface area contributed by atoms with Crippen molar-refractivity contribution in [2.45, 2.75) is 52.6 Å². The maximum atomic E-state index is 15.6. The summed E-state index contributed by atoms with van der Waals surface area (Å²) in [6.45, 7) is 7.80. The Morgan fingerprint density at radius 1 is 1.03 bits per heavy atom. The molecule has 2 heterocycles. The first-order valence-electron chi connectivity index (χ1n) is 12.5. The maximum absolute atomic E-state index is 15.6. The number of fused-ring (bicyclic) bond motifs is 1. The Bertz CT molecular complexity index is 1460. The summed E-state index contributed by atoms with van der Waals surface area (Å²) in [4.78, 5) is 20.9. The molecule has 1 atom stereocenters. The Labute approximate surface area is 210 Å². The van der Waals surface area contributed by atoms with Crippen LogP contribution in [0.2, 0.25) is 0 Å². The minimum absolute atomic E-state index is 0.0779. The third-order valence-electron chi connectivity index (χ3n) is 7.67. The normalized spacial score (nSPS) is 17.8. The molecule has 1 aromatic heterocycles. The molecule has 1 unspecified atom stereocenters. The number of halogens is 2. The lowest BCUT2D eigenvalue weighted by Crippen LogP contribution is -2.45. The van der Waals surface area contributed by atoms with E-state index in [1.54, 1.807) is 17.9 Å². The van der Waals surface area contributed by atoms with Gasteiger partial charge < -0.3 is 9.47 Å². The van der Waals surface area contributed by atoms with E-state index in [0.717, 1.165) is 34.1 Å². The first-order valence-corrected chi connectivity index (χ1v) is 12.5. The van der Waals surface area contributed by atoms with Crippen LogP contribution in [0.5, 0.6) is 0 Å². The Kier molecular flexibility index (Phi) is 6.15. The van der Waals surface area contributed by atoms with E-state index in [-0.39, 0.29) is 18.0 Å². The van der Waals surface area contributed by atoms with Crippen LogP contribution >= 0.6 is 0 Å². The van der Waals surface area contributed by atoms with Crippen molar-refractivity contribution in [1.29, 1.82) is 0 Å². The molecule has 3 aromatic carbocycles. The van der Waals surface area contributed by atoms with Crippen LogP contribution in [0.4, 0.5) is 8.78 Å². The fraction of sp³-hybridized carbons (Fsp3) is 0.333. The smallest absolute Gasteiger partial charge is 0.258 e. The predicted octanol–water partition coefficient (Wildman–Crippen LogP) is 6.89. The van der Waals surface area contributed by atoms with Gasteiger partial charge in [0, 0.05) is 6.54 Å². The van der Waals surface area contributed by atoms with Gasteiger partial charge in [-0.2, -0.15) is 0 Å². The summed E-state index contributed by atoms with van der Waals surface area (Å²) < 4.78 is 31.3. The number of hydrogen-bond acceptors (Lipinski definition) is 2. The van der Waals surface area contributed by atoms with Gasteiger partial charge in [0.05, 0.1) is 28.7 Å². The van der Waals surface area contributed by atoms with Crippen LogP contribution < -0.4 is 0 Å². The van der Waals surface area contributed by atoms with Gasteiger partial charge in [-0.25, -0.2) is 13.8 Å². The van der Waals surface area contributed by atoms with Crippen molar-refractivity contribution in [3.05, 3.63) is 88.5 Å². The van der Waals surface area contributed by atoms with Crippen LogP contribution in [0.3, 0.4) is 0 Å². The second-order valence-corrected chi connectivity index (χ2v) is 10.0. The highest BCUT2D eigenvalue weighted by Crippen LogP contribution is 2.42. The summed E-state index contributed by atoms with van der Waals surface area (Å²) in [6.07, 6.45) is 1.42. The van der Waals surface area contributed by atoms with Crippen LogP contribution in [-0.4, -0.2) is 33.6 Å². The Hall–Kier alpha value is -3.54. The number of nitrogens with zero attached hydrogens (tertiary/aromatic N) is 3. The highest BCUT2D eigenvalue weighted by atomic mass is 19.1. The third-order valence-corrected chi connectivity index (χ3v) is 7.67. The predicted molar refractivity (Wildman–Crippen MR) is 139 cm³/mol. The molecule has 0 spiro atoms. The Morgan fingerprint density at radius 2 is 1.75 bits per heavy atom. The van der Waals surface area contributed by atoms with Crippen molar-refractivity contribution in [3.63, 3.8) is 0 Å². The minimum atomic E-state index is -0.794. The molecular formula is C30H31F2N3O. The summed E-state index contributed by atoms with van der Waals surface area (Å²) in [7, 11) is 0. The number of alkyl halides is 1. The molecule has 4 nitrogen and oxygen atoms in total. The van der Waals surface area contributed by atoms with E-state index in [1.807, 2.05) is 73.9 Å². The SMILES string of the molecule is Cc1cc2nc(C3(C)CCCN3C(=O)c3c(-c4ccccc4)ccc(C)c3F)n(CCF)c2cc1C. The monoisotopic (exact) mass is 487 g/mol. The molecular weight excluding hydrogens is 456 g/mol.